The highest BCUT2D eigenvalue weighted by molar-refractivity contribution is 7.90. The molecule has 0 fully saturated rings. The van der Waals surface area contributed by atoms with Crippen LogP contribution in [0.2, 0.25) is 0 Å². The molecule has 4 aromatic rings. The molecule has 0 N–H and O–H groups in total. The molecule has 2 amide bonds. The van der Waals surface area contributed by atoms with Crippen LogP contribution in [0.1, 0.15) is 42.1 Å². The third-order valence-corrected chi connectivity index (χ3v) is 8.22. The first-order valence-electron chi connectivity index (χ1n) is 13.6. The lowest BCUT2D eigenvalue weighted by Gasteiger charge is -2.28. The lowest BCUT2D eigenvalue weighted by atomic mass is 10.1. The summed E-state index contributed by atoms with van der Waals surface area (Å²) >= 11 is 0. The average molecular weight is 591 g/mol. The normalized spacial score (nSPS) is 13.4. The third-order valence-electron chi connectivity index (χ3n) is 7.19. The van der Waals surface area contributed by atoms with Gasteiger partial charge in [-0.1, -0.05) is 13.8 Å². The third kappa shape index (κ3) is 5.67. The number of sulfone groups is 1. The number of nitrogens with zero attached hydrogens (tertiary/aromatic N) is 6. The van der Waals surface area contributed by atoms with Gasteiger partial charge < -0.3 is 19.1 Å². The van der Waals surface area contributed by atoms with Crippen LogP contribution in [0.4, 0.5) is 5.69 Å². The van der Waals surface area contributed by atoms with Crippen molar-refractivity contribution in [3.8, 4) is 17.1 Å². The topological polar surface area (TPSA) is 120 Å². The van der Waals surface area contributed by atoms with Crippen molar-refractivity contribution in [2.24, 2.45) is 5.92 Å². The number of hydrogen-bond acceptors (Lipinski definition) is 7. The summed E-state index contributed by atoms with van der Waals surface area (Å²) in [6.07, 6.45) is 5.44. The summed E-state index contributed by atoms with van der Waals surface area (Å²) in [7, 11) is -0.337. The first-order valence-corrected chi connectivity index (χ1v) is 15.5. The molecule has 11 nitrogen and oxygen atoms in total. The zero-order valence-corrected chi connectivity index (χ0v) is 25.1. The Morgan fingerprint density at radius 1 is 1.05 bits per heavy atom. The summed E-state index contributed by atoms with van der Waals surface area (Å²) in [5.74, 6) is 1.35. The van der Waals surface area contributed by atoms with Gasteiger partial charge in [-0.3, -0.25) is 9.59 Å². The van der Waals surface area contributed by atoms with E-state index in [0.29, 0.717) is 48.6 Å². The molecule has 220 valence electrons. The van der Waals surface area contributed by atoms with E-state index >= 15 is 0 Å². The van der Waals surface area contributed by atoms with E-state index in [9.17, 15) is 18.0 Å². The Kier molecular flexibility index (Phi) is 7.91. The van der Waals surface area contributed by atoms with E-state index in [1.165, 1.54) is 4.68 Å². The number of hydrogen-bond donors (Lipinski definition) is 0. The van der Waals surface area contributed by atoms with E-state index in [-0.39, 0.29) is 28.5 Å². The molecule has 42 heavy (non-hydrogen) atoms. The van der Waals surface area contributed by atoms with Crippen molar-refractivity contribution < 1.29 is 22.7 Å². The quantitative estimate of drug-likeness (QED) is 0.292. The Balaban J connectivity index is 1.43. The van der Waals surface area contributed by atoms with Crippen molar-refractivity contribution in [3.63, 3.8) is 0 Å². The molecular weight excluding hydrogens is 556 g/mol. The van der Waals surface area contributed by atoms with Crippen LogP contribution in [-0.2, 0) is 27.6 Å². The molecule has 1 aliphatic rings. The van der Waals surface area contributed by atoms with Gasteiger partial charge >= 0.3 is 0 Å². The Morgan fingerprint density at radius 2 is 1.69 bits per heavy atom. The van der Waals surface area contributed by atoms with Crippen molar-refractivity contribution in [3.05, 3.63) is 78.0 Å². The van der Waals surface area contributed by atoms with E-state index < -0.39 is 9.84 Å². The van der Waals surface area contributed by atoms with Crippen molar-refractivity contribution in [1.82, 2.24) is 24.2 Å². The number of aromatic nitrogens is 4. The van der Waals surface area contributed by atoms with Gasteiger partial charge in [0.25, 0.3) is 5.91 Å². The molecule has 0 spiro atoms. The molecule has 0 saturated carbocycles. The van der Waals surface area contributed by atoms with E-state index in [1.807, 2.05) is 48.9 Å². The Bertz CT molecular complexity index is 1720. The SMILES string of the molecule is COc1ccc(-n2nc(S(C)(=O)=O)c3c2C(=O)N(c2ccc(-n4ccnc4CN(C)C(=O)CC(C)C)cc2)CC3)cc1. The van der Waals surface area contributed by atoms with Gasteiger partial charge in [0.15, 0.2) is 14.9 Å². The van der Waals surface area contributed by atoms with Crippen LogP contribution in [0, 0.1) is 5.92 Å². The van der Waals surface area contributed by atoms with Gasteiger partial charge in [0.1, 0.15) is 17.3 Å². The maximum absolute atomic E-state index is 13.9. The molecule has 3 heterocycles. The molecule has 0 bridgehead atoms. The molecule has 0 atom stereocenters. The number of carbonyl (C=O) groups excluding carboxylic acids is 2. The highest BCUT2D eigenvalue weighted by Crippen LogP contribution is 2.31. The van der Waals surface area contributed by atoms with Gasteiger partial charge in [0.05, 0.1) is 19.3 Å². The molecule has 0 saturated heterocycles. The zero-order chi connectivity index (χ0) is 30.2. The van der Waals surface area contributed by atoms with E-state index in [2.05, 4.69) is 10.1 Å². The molecule has 0 radical (unpaired) electrons. The number of rotatable bonds is 9. The number of methoxy groups -OCH3 is 1. The van der Waals surface area contributed by atoms with Crippen LogP contribution in [0.25, 0.3) is 11.4 Å². The molecular formula is C30H34N6O5S. The average Bonchev–Trinajstić information content (AvgIpc) is 3.58. The minimum absolute atomic E-state index is 0.0609. The van der Waals surface area contributed by atoms with Crippen molar-refractivity contribution in [2.75, 3.05) is 31.9 Å². The predicted molar refractivity (Wildman–Crippen MR) is 158 cm³/mol. The predicted octanol–water partition coefficient (Wildman–Crippen LogP) is 3.68. The highest BCUT2D eigenvalue weighted by Gasteiger charge is 2.36. The van der Waals surface area contributed by atoms with Crippen molar-refractivity contribution in [2.45, 2.75) is 38.3 Å². The minimum atomic E-state index is -3.67. The van der Waals surface area contributed by atoms with E-state index in [0.717, 1.165) is 17.8 Å². The maximum atomic E-state index is 13.9. The first-order chi connectivity index (χ1) is 20.0. The smallest absolute Gasteiger partial charge is 0.277 e. The highest BCUT2D eigenvalue weighted by atomic mass is 32.2. The second-order valence-corrected chi connectivity index (χ2v) is 12.7. The van der Waals surface area contributed by atoms with Crippen molar-refractivity contribution in [1.29, 1.82) is 0 Å². The van der Waals surface area contributed by atoms with Gasteiger partial charge in [-0.2, -0.15) is 5.10 Å². The van der Waals surface area contributed by atoms with Crippen LogP contribution < -0.4 is 9.64 Å². The van der Waals surface area contributed by atoms with E-state index in [1.54, 1.807) is 54.4 Å². The standard InChI is InChI=1S/C30H34N6O5S/c1-20(2)18-27(37)33(3)19-26-31-15-17-34(26)21-6-8-22(9-7-21)35-16-14-25-28(30(35)38)36(32-29(25)42(5,39)40)23-10-12-24(41-4)13-11-23/h6-13,15,17,20H,14,16,18-19H2,1-5H3. The van der Waals surface area contributed by atoms with Gasteiger partial charge in [-0.15, -0.1) is 0 Å². The lowest BCUT2D eigenvalue weighted by Crippen LogP contribution is -2.39. The monoisotopic (exact) mass is 590 g/mol. The number of imidazole rings is 1. The van der Waals surface area contributed by atoms with Crippen molar-refractivity contribution >= 4 is 27.3 Å². The summed E-state index contributed by atoms with van der Waals surface area (Å²) in [6.45, 7) is 4.70. The molecule has 0 aliphatic carbocycles. The fourth-order valence-corrected chi connectivity index (χ4v) is 5.94. The maximum Gasteiger partial charge on any atom is 0.277 e. The molecule has 12 heteroatoms. The molecule has 2 aromatic heterocycles. The van der Waals surface area contributed by atoms with Gasteiger partial charge in [-0.05, 0) is 60.9 Å². The van der Waals surface area contributed by atoms with Crippen LogP contribution in [0.15, 0.2) is 66.0 Å². The van der Waals surface area contributed by atoms with E-state index in [4.69, 9.17) is 4.74 Å². The summed E-state index contributed by atoms with van der Waals surface area (Å²) in [5, 5.41) is 4.30. The molecule has 5 rings (SSSR count). The summed E-state index contributed by atoms with van der Waals surface area (Å²) in [4.78, 5) is 34.1. The molecule has 1 aliphatic heterocycles. The van der Waals surface area contributed by atoms with Gasteiger partial charge in [0.2, 0.25) is 5.91 Å². The summed E-state index contributed by atoms with van der Waals surface area (Å²) < 4.78 is 33.7. The number of benzene rings is 2. The number of carbonyl (C=O) groups is 2. The summed E-state index contributed by atoms with van der Waals surface area (Å²) in [5.41, 5.74) is 2.71. The second kappa shape index (κ2) is 11.4. The van der Waals surface area contributed by atoms with Crippen LogP contribution >= 0.6 is 0 Å². The molecule has 0 unspecified atom stereocenters. The van der Waals surface area contributed by atoms with Crippen LogP contribution in [-0.4, -0.2) is 71.4 Å². The molecule has 2 aromatic carbocycles. The Labute approximate surface area is 245 Å². The first kappa shape index (κ1) is 29.1. The zero-order valence-electron chi connectivity index (χ0n) is 24.3. The fourth-order valence-electron chi connectivity index (χ4n) is 5.07. The number of amides is 2. The van der Waals surface area contributed by atoms with Crippen LogP contribution in [0.5, 0.6) is 5.75 Å². The largest absolute Gasteiger partial charge is 0.497 e. The number of anilines is 1. The lowest BCUT2D eigenvalue weighted by molar-refractivity contribution is -0.131. The van der Waals surface area contributed by atoms with Gasteiger partial charge in [0, 0.05) is 55.6 Å². The summed E-state index contributed by atoms with van der Waals surface area (Å²) in [6, 6.07) is 14.4. The second-order valence-electron chi connectivity index (χ2n) is 10.8. The fraction of sp³-hybridized carbons (Fsp3) is 0.333. The van der Waals surface area contributed by atoms with Crippen LogP contribution in [0.3, 0.4) is 0 Å². The van der Waals surface area contributed by atoms with Gasteiger partial charge in [-0.25, -0.2) is 18.1 Å². The minimum Gasteiger partial charge on any atom is -0.497 e. The number of fused-ring (bicyclic) bond motifs is 1. The Morgan fingerprint density at radius 3 is 2.31 bits per heavy atom. The number of ether oxygens (including phenoxy) is 1. The Hall–Kier alpha value is -4.45.